The minimum atomic E-state index is -0.224. The molecule has 0 fully saturated rings. The number of Topliss-reactive ketones (excluding diaryl/α,β-unsaturated/α-hetero) is 1. The predicted octanol–water partition coefficient (Wildman–Crippen LogP) is 5.03. The second-order valence-corrected chi connectivity index (χ2v) is 8.15. The number of anilines is 1. The maximum atomic E-state index is 13.6. The highest BCUT2D eigenvalue weighted by atomic mass is 79.9. The topological polar surface area (TPSA) is 54.9 Å². The quantitative estimate of drug-likeness (QED) is 0.415. The predicted molar refractivity (Wildman–Crippen MR) is 103 cm³/mol. The van der Waals surface area contributed by atoms with Gasteiger partial charge in [0.25, 0.3) is 0 Å². The molecular formula is C17H13BrFN3OS2. The van der Waals surface area contributed by atoms with E-state index in [1.165, 1.54) is 29.2 Å². The number of aromatic nitrogens is 2. The first-order chi connectivity index (χ1) is 12.1. The number of benzene rings is 2. The van der Waals surface area contributed by atoms with Crippen LogP contribution in [0.5, 0.6) is 0 Å². The van der Waals surface area contributed by atoms with Gasteiger partial charge in [0.05, 0.1) is 6.54 Å². The fraction of sp³-hybridized carbons (Fsp3) is 0.118. The number of halogens is 2. The molecule has 0 aliphatic heterocycles. The van der Waals surface area contributed by atoms with Crippen LogP contribution in [-0.4, -0.2) is 22.5 Å². The number of rotatable bonds is 7. The lowest BCUT2D eigenvalue weighted by atomic mass is 10.1. The van der Waals surface area contributed by atoms with Crippen molar-refractivity contribution in [2.75, 3.05) is 11.9 Å². The highest BCUT2D eigenvalue weighted by Gasteiger charge is 2.10. The van der Waals surface area contributed by atoms with Crippen LogP contribution in [0.3, 0.4) is 0 Å². The first-order valence-electron chi connectivity index (χ1n) is 7.34. The summed E-state index contributed by atoms with van der Waals surface area (Å²) >= 11 is 6.10. The van der Waals surface area contributed by atoms with Crippen LogP contribution in [0.25, 0.3) is 0 Å². The molecule has 0 spiro atoms. The van der Waals surface area contributed by atoms with Crippen LogP contribution >= 0.6 is 39.0 Å². The van der Waals surface area contributed by atoms with Gasteiger partial charge in [-0.2, -0.15) is 0 Å². The molecule has 0 saturated heterocycles. The summed E-state index contributed by atoms with van der Waals surface area (Å²) in [6.45, 7) is 0.147. The average molecular weight is 438 g/mol. The van der Waals surface area contributed by atoms with E-state index in [0.29, 0.717) is 22.0 Å². The minimum absolute atomic E-state index is 0.0248. The molecule has 0 atom stereocenters. The van der Waals surface area contributed by atoms with Crippen molar-refractivity contribution in [3.63, 3.8) is 0 Å². The monoisotopic (exact) mass is 437 g/mol. The van der Waals surface area contributed by atoms with Gasteiger partial charge >= 0.3 is 0 Å². The van der Waals surface area contributed by atoms with E-state index >= 15 is 0 Å². The van der Waals surface area contributed by atoms with Crippen molar-refractivity contribution in [3.8, 4) is 0 Å². The Morgan fingerprint density at radius 3 is 2.68 bits per heavy atom. The SMILES string of the molecule is O=C(CNc1nnc(SCc2ccccc2F)s1)c1ccc(Br)cc1. The zero-order valence-electron chi connectivity index (χ0n) is 12.9. The van der Waals surface area contributed by atoms with Gasteiger partial charge in [-0.15, -0.1) is 10.2 Å². The van der Waals surface area contributed by atoms with Crippen LogP contribution in [0.1, 0.15) is 15.9 Å². The van der Waals surface area contributed by atoms with Gasteiger partial charge < -0.3 is 5.32 Å². The molecule has 0 saturated carbocycles. The Kier molecular flexibility index (Phi) is 6.17. The first kappa shape index (κ1) is 18.0. The Morgan fingerprint density at radius 2 is 1.92 bits per heavy atom. The molecule has 4 nitrogen and oxygen atoms in total. The molecule has 1 N–H and O–H groups in total. The lowest BCUT2D eigenvalue weighted by molar-refractivity contribution is 0.101. The lowest BCUT2D eigenvalue weighted by Crippen LogP contribution is -2.13. The maximum absolute atomic E-state index is 13.6. The highest BCUT2D eigenvalue weighted by Crippen LogP contribution is 2.28. The van der Waals surface area contributed by atoms with Crippen LogP contribution in [0.4, 0.5) is 9.52 Å². The molecule has 0 aliphatic carbocycles. The van der Waals surface area contributed by atoms with Crippen LogP contribution in [0, 0.1) is 5.82 Å². The van der Waals surface area contributed by atoms with Crippen molar-refractivity contribution >= 4 is 49.9 Å². The molecule has 1 heterocycles. The molecule has 0 aliphatic rings. The second kappa shape index (κ2) is 8.55. The fourth-order valence-electron chi connectivity index (χ4n) is 1.99. The van der Waals surface area contributed by atoms with Gasteiger partial charge in [0.15, 0.2) is 10.1 Å². The molecule has 3 rings (SSSR count). The smallest absolute Gasteiger partial charge is 0.206 e. The summed E-state index contributed by atoms with van der Waals surface area (Å²) in [5.41, 5.74) is 1.26. The molecule has 128 valence electrons. The number of thioether (sulfide) groups is 1. The van der Waals surface area contributed by atoms with Crippen molar-refractivity contribution in [1.82, 2.24) is 10.2 Å². The van der Waals surface area contributed by atoms with Crippen LogP contribution < -0.4 is 5.32 Å². The van der Waals surface area contributed by atoms with E-state index in [1.807, 2.05) is 12.1 Å². The Balaban J connectivity index is 1.52. The lowest BCUT2D eigenvalue weighted by Gasteiger charge is -2.02. The van der Waals surface area contributed by atoms with E-state index in [1.54, 1.807) is 30.3 Å². The van der Waals surface area contributed by atoms with E-state index in [0.717, 1.165) is 8.81 Å². The Hall–Kier alpha value is -1.77. The molecule has 0 bridgehead atoms. The van der Waals surface area contributed by atoms with Crippen molar-refractivity contribution < 1.29 is 9.18 Å². The minimum Gasteiger partial charge on any atom is -0.353 e. The molecule has 1 aromatic heterocycles. The maximum Gasteiger partial charge on any atom is 0.206 e. The summed E-state index contributed by atoms with van der Waals surface area (Å²) < 4.78 is 15.2. The van der Waals surface area contributed by atoms with Gasteiger partial charge in [-0.05, 0) is 23.8 Å². The average Bonchev–Trinajstić information content (AvgIpc) is 3.07. The molecule has 2 aromatic carbocycles. The summed E-state index contributed by atoms with van der Waals surface area (Å²) in [5.74, 6) is 0.236. The summed E-state index contributed by atoms with van der Waals surface area (Å²) in [6, 6.07) is 13.9. The van der Waals surface area contributed by atoms with Gasteiger partial charge in [0.1, 0.15) is 5.82 Å². The van der Waals surface area contributed by atoms with Crippen molar-refractivity contribution in [1.29, 1.82) is 0 Å². The van der Waals surface area contributed by atoms with Gasteiger partial charge in [0, 0.05) is 15.8 Å². The molecule has 0 unspecified atom stereocenters. The number of nitrogens with zero attached hydrogens (tertiary/aromatic N) is 2. The van der Waals surface area contributed by atoms with E-state index in [4.69, 9.17) is 0 Å². The molecular weight excluding hydrogens is 425 g/mol. The van der Waals surface area contributed by atoms with Gasteiger partial charge in [-0.3, -0.25) is 4.79 Å². The third-order valence-electron chi connectivity index (χ3n) is 3.28. The van der Waals surface area contributed by atoms with Crippen molar-refractivity contribution in [2.24, 2.45) is 0 Å². The molecule has 25 heavy (non-hydrogen) atoms. The number of ketones is 1. The van der Waals surface area contributed by atoms with Crippen molar-refractivity contribution in [2.45, 2.75) is 10.1 Å². The summed E-state index contributed by atoms with van der Waals surface area (Å²) in [7, 11) is 0. The van der Waals surface area contributed by atoms with Gasteiger partial charge in [-0.25, -0.2) is 4.39 Å². The molecule has 0 radical (unpaired) electrons. The zero-order valence-corrected chi connectivity index (χ0v) is 16.1. The number of hydrogen-bond acceptors (Lipinski definition) is 6. The summed E-state index contributed by atoms with van der Waals surface area (Å²) in [4.78, 5) is 12.1. The van der Waals surface area contributed by atoms with Gasteiger partial charge in [-0.1, -0.05) is 69.4 Å². The standard InChI is InChI=1S/C17H13BrFN3OS2/c18-13-7-5-11(6-8-13)15(23)9-20-16-21-22-17(25-16)24-10-12-3-1-2-4-14(12)19/h1-8H,9-10H2,(H,20,21). The van der Waals surface area contributed by atoms with E-state index in [9.17, 15) is 9.18 Å². The van der Waals surface area contributed by atoms with E-state index in [2.05, 4.69) is 31.4 Å². The van der Waals surface area contributed by atoms with Crippen LogP contribution in [0.15, 0.2) is 57.3 Å². The number of hydrogen-bond donors (Lipinski definition) is 1. The Morgan fingerprint density at radius 1 is 1.16 bits per heavy atom. The summed E-state index contributed by atoms with van der Waals surface area (Å²) in [6.07, 6.45) is 0. The van der Waals surface area contributed by atoms with E-state index in [-0.39, 0.29) is 18.1 Å². The Labute approximate surface area is 161 Å². The van der Waals surface area contributed by atoms with Gasteiger partial charge in [0.2, 0.25) is 5.13 Å². The summed E-state index contributed by atoms with van der Waals surface area (Å²) in [5, 5.41) is 11.6. The third-order valence-corrected chi connectivity index (χ3v) is 5.87. The first-order valence-corrected chi connectivity index (χ1v) is 9.93. The largest absolute Gasteiger partial charge is 0.353 e. The second-order valence-electron chi connectivity index (χ2n) is 5.04. The molecule has 3 aromatic rings. The van der Waals surface area contributed by atoms with Crippen LogP contribution in [0.2, 0.25) is 0 Å². The fourth-order valence-corrected chi connectivity index (χ4v) is 3.99. The third kappa shape index (κ3) is 5.10. The zero-order chi connectivity index (χ0) is 17.6. The number of carbonyl (C=O) groups is 1. The normalized spacial score (nSPS) is 10.6. The van der Waals surface area contributed by atoms with Crippen LogP contribution in [-0.2, 0) is 5.75 Å². The molecule has 0 amide bonds. The number of carbonyl (C=O) groups excluding carboxylic acids is 1. The Bertz CT molecular complexity index is 870. The van der Waals surface area contributed by atoms with Crippen molar-refractivity contribution in [3.05, 3.63) is 69.9 Å². The molecule has 8 heteroatoms. The van der Waals surface area contributed by atoms with E-state index < -0.39 is 0 Å². The highest BCUT2D eigenvalue weighted by molar-refractivity contribution is 9.10. The number of nitrogens with one attached hydrogen (secondary N) is 1.